The van der Waals surface area contributed by atoms with Crippen molar-refractivity contribution < 1.29 is 14.3 Å². The largest absolute Gasteiger partial charge is 0.497 e. The minimum atomic E-state index is -0.0739. The van der Waals surface area contributed by atoms with Gasteiger partial charge in [-0.25, -0.2) is 0 Å². The highest BCUT2D eigenvalue weighted by Gasteiger charge is 2.23. The third-order valence-electron chi connectivity index (χ3n) is 3.85. The molecule has 1 aliphatic heterocycles. The molecule has 0 aromatic heterocycles. The molecule has 0 aliphatic carbocycles. The van der Waals surface area contributed by atoms with Crippen LogP contribution >= 0.6 is 0 Å². The van der Waals surface area contributed by atoms with Crippen LogP contribution in [0.3, 0.4) is 0 Å². The Bertz CT molecular complexity index is 441. The molecular formula is C16H24N2O3. The summed E-state index contributed by atoms with van der Waals surface area (Å²) in [6.45, 7) is 2.87. The number of benzene rings is 1. The van der Waals surface area contributed by atoms with Crippen LogP contribution in [0.2, 0.25) is 0 Å². The van der Waals surface area contributed by atoms with E-state index in [4.69, 9.17) is 9.47 Å². The van der Waals surface area contributed by atoms with E-state index in [9.17, 15) is 4.79 Å². The first kappa shape index (κ1) is 15.8. The number of likely N-dealkylation sites (tertiary alicyclic amines) is 1. The van der Waals surface area contributed by atoms with Crippen molar-refractivity contribution in [3.8, 4) is 5.75 Å². The smallest absolute Gasteiger partial charge is 0.246 e. The number of hydrogen-bond acceptors (Lipinski definition) is 4. The van der Waals surface area contributed by atoms with Crippen molar-refractivity contribution in [3.05, 3.63) is 29.8 Å². The molecule has 0 spiro atoms. The summed E-state index contributed by atoms with van der Waals surface area (Å²) in [5.41, 5.74) is 1.20. The summed E-state index contributed by atoms with van der Waals surface area (Å²) in [6.07, 6.45) is 2.44. The number of nitrogens with one attached hydrogen (secondary N) is 1. The van der Waals surface area contributed by atoms with Crippen molar-refractivity contribution in [1.29, 1.82) is 0 Å². The van der Waals surface area contributed by atoms with Gasteiger partial charge < -0.3 is 14.8 Å². The van der Waals surface area contributed by atoms with Crippen LogP contribution in [0.5, 0.6) is 5.75 Å². The lowest BCUT2D eigenvalue weighted by molar-refractivity contribution is -0.124. The zero-order chi connectivity index (χ0) is 15.1. The Labute approximate surface area is 126 Å². The summed E-state index contributed by atoms with van der Waals surface area (Å²) in [4.78, 5) is 14.0. The summed E-state index contributed by atoms with van der Waals surface area (Å²) in [6, 6.07) is 8.29. The molecule has 1 heterocycles. The molecule has 0 saturated carbocycles. The zero-order valence-corrected chi connectivity index (χ0v) is 12.8. The summed E-state index contributed by atoms with van der Waals surface area (Å²) in [5.74, 6) is 0.776. The van der Waals surface area contributed by atoms with Crippen LogP contribution in [0.25, 0.3) is 0 Å². The van der Waals surface area contributed by atoms with Crippen molar-refractivity contribution >= 4 is 5.91 Å². The van der Waals surface area contributed by atoms with Crippen molar-refractivity contribution in [2.45, 2.75) is 18.9 Å². The molecule has 1 atom stereocenters. The molecule has 1 unspecified atom stereocenters. The minimum Gasteiger partial charge on any atom is -0.497 e. The molecule has 1 aliphatic rings. The molecule has 1 aromatic carbocycles. The summed E-state index contributed by atoms with van der Waals surface area (Å²) in [5, 5.41) is 2.95. The van der Waals surface area contributed by atoms with Crippen molar-refractivity contribution in [2.24, 2.45) is 0 Å². The van der Waals surface area contributed by atoms with Gasteiger partial charge in [-0.1, -0.05) is 12.1 Å². The van der Waals surface area contributed by atoms with E-state index in [1.165, 1.54) is 25.5 Å². The second-order valence-corrected chi connectivity index (χ2v) is 5.27. The standard InChI is InChI=1S/C16H24N2O3/c1-20-12-16(19)17-11-15(18-9-3-4-10-18)13-5-7-14(21-2)8-6-13/h5-8,15H,3-4,9-12H2,1-2H3,(H,17,19). The van der Waals surface area contributed by atoms with E-state index in [-0.39, 0.29) is 18.6 Å². The third-order valence-corrected chi connectivity index (χ3v) is 3.85. The van der Waals surface area contributed by atoms with E-state index in [1.54, 1.807) is 7.11 Å². The van der Waals surface area contributed by atoms with Crippen LogP contribution in [0.1, 0.15) is 24.4 Å². The molecule has 1 aromatic rings. The lowest BCUT2D eigenvalue weighted by Crippen LogP contribution is -2.38. The predicted molar refractivity (Wildman–Crippen MR) is 81.4 cm³/mol. The van der Waals surface area contributed by atoms with E-state index in [0.29, 0.717) is 6.54 Å². The van der Waals surface area contributed by atoms with E-state index >= 15 is 0 Å². The first-order valence-electron chi connectivity index (χ1n) is 7.38. The molecular weight excluding hydrogens is 268 g/mol. The molecule has 1 N–H and O–H groups in total. The van der Waals surface area contributed by atoms with Gasteiger partial charge in [0.1, 0.15) is 12.4 Å². The number of carbonyl (C=O) groups excluding carboxylic acids is 1. The number of nitrogens with zero attached hydrogens (tertiary/aromatic N) is 1. The molecule has 5 nitrogen and oxygen atoms in total. The number of ether oxygens (including phenoxy) is 2. The van der Waals surface area contributed by atoms with E-state index in [2.05, 4.69) is 22.3 Å². The monoisotopic (exact) mass is 292 g/mol. The first-order chi connectivity index (χ1) is 10.2. The Morgan fingerprint density at radius 3 is 2.48 bits per heavy atom. The highest BCUT2D eigenvalue weighted by atomic mass is 16.5. The number of carbonyl (C=O) groups is 1. The van der Waals surface area contributed by atoms with E-state index in [1.807, 2.05) is 12.1 Å². The van der Waals surface area contributed by atoms with Gasteiger partial charge in [0.05, 0.1) is 13.2 Å². The molecule has 1 fully saturated rings. The second-order valence-electron chi connectivity index (χ2n) is 5.27. The summed E-state index contributed by atoms with van der Waals surface area (Å²) in [7, 11) is 3.19. The Balaban J connectivity index is 2.05. The van der Waals surface area contributed by atoms with Crippen LogP contribution in [0, 0.1) is 0 Å². The van der Waals surface area contributed by atoms with Gasteiger partial charge >= 0.3 is 0 Å². The Kier molecular flexibility index (Phi) is 6.02. The van der Waals surface area contributed by atoms with Gasteiger partial charge in [0.15, 0.2) is 0 Å². The highest BCUT2D eigenvalue weighted by molar-refractivity contribution is 5.77. The molecule has 5 heteroatoms. The lowest BCUT2D eigenvalue weighted by Gasteiger charge is -2.28. The van der Waals surface area contributed by atoms with Gasteiger partial charge in [0, 0.05) is 13.7 Å². The third kappa shape index (κ3) is 4.44. The second kappa shape index (κ2) is 8.00. The normalized spacial score (nSPS) is 16.7. The van der Waals surface area contributed by atoms with Crippen LogP contribution in [0.4, 0.5) is 0 Å². The zero-order valence-electron chi connectivity index (χ0n) is 12.8. The van der Waals surface area contributed by atoms with Gasteiger partial charge in [0.25, 0.3) is 0 Å². The van der Waals surface area contributed by atoms with Gasteiger partial charge in [-0.15, -0.1) is 0 Å². The van der Waals surface area contributed by atoms with Gasteiger partial charge in [-0.2, -0.15) is 0 Å². The average Bonchev–Trinajstić information content (AvgIpc) is 3.02. The molecule has 2 rings (SSSR count). The lowest BCUT2D eigenvalue weighted by atomic mass is 10.1. The quantitative estimate of drug-likeness (QED) is 0.829. The van der Waals surface area contributed by atoms with Crippen LogP contribution in [-0.2, 0) is 9.53 Å². The Hall–Kier alpha value is -1.59. The first-order valence-corrected chi connectivity index (χ1v) is 7.38. The SMILES string of the molecule is COCC(=O)NCC(c1ccc(OC)cc1)N1CCCC1. The highest BCUT2D eigenvalue weighted by Crippen LogP contribution is 2.26. The maximum absolute atomic E-state index is 11.6. The number of methoxy groups -OCH3 is 2. The topological polar surface area (TPSA) is 50.8 Å². The van der Waals surface area contributed by atoms with Crippen LogP contribution in [0.15, 0.2) is 24.3 Å². The molecule has 0 radical (unpaired) electrons. The minimum absolute atomic E-state index is 0.0739. The fourth-order valence-corrected chi connectivity index (χ4v) is 2.73. The van der Waals surface area contributed by atoms with Gasteiger partial charge in [-0.05, 0) is 43.6 Å². The van der Waals surface area contributed by atoms with Gasteiger partial charge in [0.2, 0.25) is 5.91 Å². The molecule has 116 valence electrons. The number of rotatable bonds is 7. The van der Waals surface area contributed by atoms with Crippen LogP contribution < -0.4 is 10.1 Å². The fraction of sp³-hybridized carbons (Fsp3) is 0.562. The van der Waals surface area contributed by atoms with Gasteiger partial charge in [-0.3, -0.25) is 9.69 Å². The van der Waals surface area contributed by atoms with E-state index < -0.39 is 0 Å². The fourth-order valence-electron chi connectivity index (χ4n) is 2.73. The van der Waals surface area contributed by atoms with Crippen molar-refractivity contribution in [1.82, 2.24) is 10.2 Å². The van der Waals surface area contributed by atoms with Crippen molar-refractivity contribution in [2.75, 3.05) is 40.5 Å². The number of hydrogen-bond donors (Lipinski definition) is 1. The predicted octanol–water partition coefficient (Wildman–Crippen LogP) is 1.59. The maximum atomic E-state index is 11.6. The average molecular weight is 292 g/mol. The Morgan fingerprint density at radius 2 is 1.90 bits per heavy atom. The summed E-state index contributed by atoms with van der Waals surface area (Å²) >= 11 is 0. The Morgan fingerprint density at radius 1 is 1.24 bits per heavy atom. The number of amides is 1. The molecule has 1 amide bonds. The molecule has 1 saturated heterocycles. The van der Waals surface area contributed by atoms with Crippen molar-refractivity contribution in [3.63, 3.8) is 0 Å². The molecule has 21 heavy (non-hydrogen) atoms. The molecule has 0 bridgehead atoms. The van der Waals surface area contributed by atoms with Crippen LogP contribution in [-0.4, -0.2) is 51.3 Å². The summed E-state index contributed by atoms with van der Waals surface area (Å²) < 4.78 is 10.1. The van der Waals surface area contributed by atoms with E-state index in [0.717, 1.165) is 18.8 Å². The maximum Gasteiger partial charge on any atom is 0.246 e.